The van der Waals surface area contributed by atoms with E-state index >= 15 is 0 Å². The Morgan fingerprint density at radius 1 is 1.06 bits per heavy atom. The van der Waals surface area contributed by atoms with Crippen molar-refractivity contribution in [2.45, 2.75) is 19.3 Å². The van der Waals surface area contributed by atoms with Gasteiger partial charge in [0.25, 0.3) is 11.8 Å². The quantitative estimate of drug-likeness (QED) is 0.632. The summed E-state index contributed by atoms with van der Waals surface area (Å²) in [5.74, 6) is -1.44. The smallest absolute Gasteiger partial charge is 0.303 e. The number of carboxylic acids is 1. The molecule has 0 radical (unpaired) electrons. The highest BCUT2D eigenvalue weighted by molar-refractivity contribution is 6.21. The lowest BCUT2D eigenvalue weighted by Gasteiger charge is -2.12. The fourth-order valence-electron chi connectivity index (χ4n) is 1.99. The zero-order chi connectivity index (χ0) is 13.1. The van der Waals surface area contributed by atoms with E-state index in [-0.39, 0.29) is 24.8 Å². The number of hydrogen-bond acceptors (Lipinski definition) is 3. The van der Waals surface area contributed by atoms with Gasteiger partial charge in [0.05, 0.1) is 11.1 Å². The number of rotatable bonds is 5. The molecule has 5 nitrogen and oxygen atoms in total. The summed E-state index contributed by atoms with van der Waals surface area (Å²) in [7, 11) is 0. The van der Waals surface area contributed by atoms with Crippen LogP contribution in [0, 0.1) is 0 Å². The molecule has 0 bridgehead atoms. The largest absolute Gasteiger partial charge is 0.481 e. The summed E-state index contributed by atoms with van der Waals surface area (Å²) in [6, 6.07) is 6.70. The van der Waals surface area contributed by atoms with Gasteiger partial charge < -0.3 is 5.11 Å². The number of carboxylic acid groups (broad SMARTS) is 1. The zero-order valence-electron chi connectivity index (χ0n) is 9.76. The number of nitrogens with zero attached hydrogens (tertiary/aromatic N) is 1. The summed E-state index contributed by atoms with van der Waals surface area (Å²) >= 11 is 0. The Hall–Kier alpha value is -2.17. The van der Waals surface area contributed by atoms with Crippen molar-refractivity contribution in [2.75, 3.05) is 6.54 Å². The maximum Gasteiger partial charge on any atom is 0.303 e. The Morgan fingerprint density at radius 2 is 1.61 bits per heavy atom. The van der Waals surface area contributed by atoms with Crippen molar-refractivity contribution >= 4 is 17.8 Å². The maximum atomic E-state index is 11.9. The van der Waals surface area contributed by atoms with Crippen LogP contribution in [0.1, 0.15) is 40.0 Å². The van der Waals surface area contributed by atoms with E-state index in [1.165, 1.54) is 4.90 Å². The molecule has 0 unspecified atom stereocenters. The van der Waals surface area contributed by atoms with Gasteiger partial charge in [-0.3, -0.25) is 19.3 Å². The van der Waals surface area contributed by atoms with Gasteiger partial charge in [-0.1, -0.05) is 12.1 Å². The molecule has 0 aliphatic carbocycles. The van der Waals surface area contributed by atoms with Gasteiger partial charge in [-0.15, -0.1) is 0 Å². The molecule has 0 saturated carbocycles. The van der Waals surface area contributed by atoms with Gasteiger partial charge in [-0.25, -0.2) is 0 Å². The molecule has 1 aliphatic rings. The molecule has 1 N–H and O–H groups in total. The Balaban J connectivity index is 1.99. The summed E-state index contributed by atoms with van der Waals surface area (Å²) in [6.07, 6.45) is 1.03. The van der Waals surface area contributed by atoms with Crippen molar-refractivity contribution in [3.8, 4) is 0 Å². The Labute approximate surface area is 104 Å². The minimum absolute atomic E-state index is 0.0587. The Bertz CT molecular complexity index is 474. The van der Waals surface area contributed by atoms with Crippen LogP contribution in [0.5, 0.6) is 0 Å². The molecule has 2 amide bonds. The predicted molar refractivity (Wildman–Crippen MR) is 63.3 cm³/mol. The van der Waals surface area contributed by atoms with Crippen LogP contribution in [0.4, 0.5) is 0 Å². The average Bonchev–Trinajstić information content (AvgIpc) is 2.59. The molecule has 94 valence electrons. The van der Waals surface area contributed by atoms with Crippen LogP contribution in [-0.2, 0) is 4.79 Å². The number of unbranched alkanes of at least 4 members (excludes halogenated alkanes) is 1. The van der Waals surface area contributed by atoms with E-state index in [4.69, 9.17) is 5.11 Å². The third-order valence-corrected chi connectivity index (χ3v) is 2.90. The van der Waals surface area contributed by atoms with E-state index in [2.05, 4.69) is 0 Å². The second kappa shape index (κ2) is 5.00. The number of carbonyl (C=O) groups excluding carboxylic acids is 2. The van der Waals surface area contributed by atoms with Gasteiger partial charge in [0.2, 0.25) is 0 Å². The fraction of sp³-hybridized carbons (Fsp3) is 0.308. The number of amides is 2. The molecular formula is C13H13NO4. The van der Waals surface area contributed by atoms with E-state index in [1.54, 1.807) is 24.3 Å². The summed E-state index contributed by atoms with van der Waals surface area (Å²) in [5, 5.41) is 8.50. The topological polar surface area (TPSA) is 74.7 Å². The Morgan fingerprint density at radius 3 is 2.11 bits per heavy atom. The molecule has 0 atom stereocenters. The van der Waals surface area contributed by atoms with Crippen LogP contribution in [0.2, 0.25) is 0 Å². The second-order valence-corrected chi connectivity index (χ2v) is 4.16. The molecule has 18 heavy (non-hydrogen) atoms. The first kappa shape index (κ1) is 12.3. The van der Waals surface area contributed by atoms with Crippen LogP contribution < -0.4 is 0 Å². The van der Waals surface area contributed by atoms with Gasteiger partial charge in [-0.2, -0.15) is 0 Å². The average molecular weight is 247 g/mol. The van der Waals surface area contributed by atoms with E-state index < -0.39 is 5.97 Å². The van der Waals surface area contributed by atoms with Gasteiger partial charge >= 0.3 is 5.97 Å². The molecule has 1 aromatic rings. The van der Waals surface area contributed by atoms with E-state index in [1.807, 2.05) is 0 Å². The third kappa shape index (κ3) is 2.25. The number of carbonyl (C=O) groups is 3. The highest BCUT2D eigenvalue weighted by atomic mass is 16.4. The summed E-state index contributed by atoms with van der Waals surface area (Å²) in [4.78, 5) is 35.4. The highest BCUT2D eigenvalue weighted by Gasteiger charge is 2.34. The molecule has 0 fully saturated rings. The lowest BCUT2D eigenvalue weighted by atomic mass is 10.1. The zero-order valence-corrected chi connectivity index (χ0v) is 9.76. The van der Waals surface area contributed by atoms with Crippen LogP contribution >= 0.6 is 0 Å². The first-order valence-corrected chi connectivity index (χ1v) is 5.78. The van der Waals surface area contributed by atoms with Crippen LogP contribution in [-0.4, -0.2) is 34.3 Å². The molecule has 0 aromatic heterocycles. The molecule has 0 saturated heterocycles. The van der Waals surface area contributed by atoms with Crippen molar-refractivity contribution in [1.82, 2.24) is 4.90 Å². The van der Waals surface area contributed by atoms with Gasteiger partial charge in [0.15, 0.2) is 0 Å². The van der Waals surface area contributed by atoms with Crippen molar-refractivity contribution in [2.24, 2.45) is 0 Å². The summed E-state index contributed by atoms with van der Waals surface area (Å²) < 4.78 is 0. The fourth-order valence-corrected chi connectivity index (χ4v) is 1.99. The Kier molecular flexibility index (Phi) is 3.41. The number of hydrogen-bond donors (Lipinski definition) is 1. The molecule has 5 heteroatoms. The molecule has 2 rings (SSSR count). The van der Waals surface area contributed by atoms with E-state index in [0.29, 0.717) is 24.0 Å². The lowest BCUT2D eigenvalue weighted by Crippen LogP contribution is -2.30. The number of benzene rings is 1. The monoisotopic (exact) mass is 247 g/mol. The third-order valence-electron chi connectivity index (χ3n) is 2.90. The first-order valence-electron chi connectivity index (χ1n) is 5.78. The van der Waals surface area contributed by atoms with Crippen LogP contribution in [0.25, 0.3) is 0 Å². The van der Waals surface area contributed by atoms with Crippen molar-refractivity contribution in [1.29, 1.82) is 0 Å². The minimum atomic E-state index is -0.864. The molecular weight excluding hydrogens is 234 g/mol. The highest BCUT2D eigenvalue weighted by Crippen LogP contribution is 2.22. The van der Waals surface area contributed by atoms with Gasteiger partial charge in [0.1, 0.15) is 0 Å². The number of aliphatic carboxylic acids is 1. The van der Waals surface area contributed by atoms with Crippen molar-refractivity contribution < 1.29 is 19.5 Å². The second-order valence-electron chi connectivity index (χ2n) is 4.16. The SMILES string of the molecule is O=C(O)CCCCN1C(=O)c2ccccc2C1=O. The van der Waals surface area contributed by atoms with Gasteiger partial charge in [0, 0.05) is 13.0 Å². The molecule has 0 spiro atoms. The standard InChI is InChI=1S/C13H13NO4/c15-11(16)7-3-4-8-14-12(17)9-5-1-2-6-10(9)13(14)18/h1-2,5-6H,3-4,7-8H2,(H,15,16). The first-order chi connectivity index (χ1) is 8.61. The summed E-state index contributed by atoms with van der Waals surface area (Å²) in [6.45, 7) is 0.277. The van der Waals surface area contributed by atoms with Crippen molar-refractivity contribution in [3.63, 3.8) is 0 Å². The number of fused-ring (bicyclic) bond motifs is 1. The van der Waals surface area contributed by atoms with Gasteiger partial charge in [-0.05, 0) is 25.0 Å². The van der Waals surface area contributed by atoms with Crippen LogP contribution in [0.15, 0.2) is 24.3 Å². The minimum Gasteiger partial charge on any atom is -0.481 e. The van der Waals surface area contributed by atoms with Crippen molar-refractivity contribution in [3.05, 3.63) is 35.4 Å². The lowest BCUT2D eigenvalue weighted by molar-refractivity contribution is -0.137. The van der Waals surface area contributed by atoms with E-state index in [0.717, 1.165) is 0 Å². The van der Waals surface area contributed by atoms with Crippen LogP contribution in [0.3, 0.4) is 0 Å². The normalized spacial score (nSPS) is 13.9. The summed E-state index contributed by atoms with van der Waals surface area (Å²) in [5.41, 5.74) is 0.862. The molecule has 1 aliphatic heterocycles. The molecule has 1 heterocycles. The predicted octanol–water partition coefficient (Wildman–Crippen LogP) is 1.54. The number of imide groups is 1. The van der Waals surface area contributed by atoms with E-state index in [9.17, 15) is 14.4 Å². The molecule has 1 aromatic carbocycles. The maximum absolute atomic E-state index is 11.9.